The van der Waals surface area contributed by atoms with Crippen molar-refractivity contribution in [3.63, 3.8) is 0 Å². The highest BCUT2D eigenvalue weighted by Crippen LogP contribution is 2.28. The van der Waals surface area contributed by atoms with Crippen LogP contribution < -0.4 is 5.32 Å². The fourth-order valence-electron chi connectivity index (χ4n) is 3.88. The van der Waals surface area contributed by atoms with Crippen molar-refractivity contribution in [2.75, 3.05) is 33.2 Å². The zero-order valence-corrected chi connectivity index (χ0v) is 15.8. The van der Waals surface area contributed by atoms with Crippen molar-refractivity contribution < 1.29 is 4.79 Å². The monoisotopic (exact) mass is 343 g/mol. The van der Waals surface area contributed by atoms with E-state index in [4.69, 9.17) is 0 Å². The minimum Gasteiger partial charge on any atom is -0.339 e. The molecule has 0 radical (unpaired) electrons. The second kappa shape index (κ2) is 8.81. The lowest BCUT2D eigenvalue weighted by molar-refractivity contribution is 0.0687. The largest absolute Gasteiger partial charge is 0.339 e. The Morgan fingerprint density at radius 1 is 1.16 bits per heavy atom. The molecular weight excluding hydrogens is 310 g/mol. The number of carbonyl (C=O) groups is 1. The molecule has 1 aliphatic heterocycles. The standard InChI is InChI=1S/C21H33N3O/c1-3-23(20-8-9-20)16-18-4-6-19(7-5-18)21(25)24-14-11-17(12-15-24)10-13-22-2/h4-7,17,20,22H,3,8-16H2,1-2H3. The van der Waals surface area contributed by atoms with Gasteiger partial charge in [0.1, 0.15) is 0 Å². The Kier molecular flexibility index (Phi) is 6.49. The van der Waals surface area contributed by atoms with Gasteiger partial charge in [-0.05, 0) is 75.9 Å². The Bertz CT molecular complexity index is 545. The van der Waals surface area contributed by atoms with Gasteiger partial charge in [0, 0.05) is 31.2 Å². The van der Waals surface area contributed by atoms with Crippen LogP contribution in [0.5, 0.6) is 0 Å². The van der Waals surface area contributed by atoms with Crippen LogP contribution in [0.15, 0.2) is 24.3 Å². The normalized spacial score (nSPS) is 18.8. The van der Waals surface area contributed by atoms with E-state index in [0.717, 1.165) is 63.1 Å². The molecule has 0 aromatic heterocycles. The second-order valence-corrected chi connectivity index (χ2v) is 7.62. The number of piperidine rings is 1. The number of hydrogen-bond acceptors (Lipinski definition) is 3. The summed E-state index contributed by atoms with van der Waals surface area (Å²) in [5.74, 6) is 0.967. The van der Waals surface area contributed by atoms with Crippen LogP contribution in [0.1, 0.15) is 54.9 Å². The van der Waals surface area contributed by atoms with E-state index in [0.29, 0.717) is 0 Å². The highest BCUT2D eigenvalue weighted by molar-refractivity contribution is 5.94. The van der Waals surface area contributed by atoms with E-state index in [1.54, 1.807) is 0 Å². The van der Waals surface area contributed by atoms with Gasteiger partial charge in [-0.3, -0.25) is 9.69 Å². The summed E-state index contributed by atoms with van der Waals surface area (Å²) < 4.78 is 0. The summed E-state index contributed by atoms with van der Waals surface area (Å²) in [5, 5.41) is 3.22. The molecule has 2 fully saturated rings. The number of likely N-dealkylation sites (tertiary alicyclic amines) is 1. The van der Waals surface area contributed by atoms with Crippen LogP contribution in [-0.4, -0.2) is 55.0 Å². The molecule has 1 N–H and O–H groups in total. The summed E-state index contributed by atoms with van der Waals surface area (Å²) in [6, 6.07) is 9.10. The van der Waals surface area contributed by atoms with Crippen LogP contribution in [0.3, 0.4) is 0 Å². The van der Waals surface area contributed by atoms with Crippen molar-refractivity contribution in [1.29, 1.82) is 0 Å². The summed E-state index contributed by atoms with van der Waals surface area (Å²) in [5.41, 5.74) is 2.16. The molecule has 25 heavy (non-hydrogen) atoms. The van der Waals surface area contributed by atoms with Crippen molar-refractivity contribution >= 4 is 5.91 Å². The highest BCUT2D eigenvalue weighted by atomic mass is 16.2. The molecular formula is C21H33N3O. The maximum Gasteiger partial charge on any atom is 0.253 e. The van der Waals surface area contributed by atoms with Gasteiger partial charge in [0.05, 0.1) is 0 Å². The molecule has 138 valence electrons. The SMILES string of the molecule is CCN(Cc1ccc(C(=O)N2CCC(CCNC)CC2)cc1)C1CC1. The van der Waals surface area contributed by atoms with Crippen LogP contribution in [0.4, 0.5) is 0 Å². The predicted octanol–water partition coefficient (Wildman–Crippen LogP) is 3.13. The van der Waals surface area contributed by atoms with Gasteiger partial charge in [-0.15, -0.1) is 0 Å². The number of rotatable bonds is 8. The number of hydrogen-bond donors (Lipinski definition) is 1. The van der Waals surface area contributed by atoms with Crippen molar-refractivity contribution in [3.05, 3.63) is 35.4 Å². The van der Waals surface area contributed by atoms with E-state index in [1.807, 2.05) is 24.1 Å². The summed E-state index contributed by atoms with van der Waals surface area (Å²) >= 11 is 0. The van der Waals surface area contributed by atoms with Crippen molar-refractivity contribution in [1.82, 2.24) is 15.1 Å². The van der Waals surface area contributed by atoms with Gasteiger partial charge in [-0.1, -0.05) is 19.1 Å². The lowest BCUT2D eigenvalue weighted by Crippen LogP contribution is -2.39. The van der Waals surface area contributed by atoms with Gasteiger partial charge in [-0.2, -0.15) is 0 Å². The lowest BCUT2D eigenvalue weighted by Gasteiger charge is -2.32. The molecule has 1 aromatic rings. The van der Waals surface area contributed by atoms with E-state index in [-0.39, 0.29) is 5.91 Å². The molecule has 1 amide bonds. The summed E-state index contributed by atoms with van der Waals surface area (Å²) in [6.07, 6.45) is 6.18. The van der Waals surface area contributed by atoms with Crippen LogP contribution in [0, 0.1) is 5.92 Å². The maximum absolute atomic E-state index is 12.7. The van der Waals surface area contributed by atoms with E-state index in [9.17, 15) is 4.79 Å². The first-order chi connectivity index (χ1) is 12.2. The first-order valence-corrected chi connectivity index (χ1v) is 9.98. The van der Waals surface area contributed by atoms with Crippen molar-refractivity contribution in [2.24, 2.45) is 5.92 Å². The first-order valence-electron chi connectivity index (χ1n) is 9.98. The Morgan fingerprint density at radius 2 is 1.84 bits per heavy atom. The van der Waals surface area contributed by atoms with E-state index < -0.39 is 0 Å². The van der Waals surface area contributed by atoms with Crippen LogP contribution in [0.25, 0.3) is 0 Å². The molecule has 1 saturated carbocycles. The zero-order chi connectivity index (χ0) is 17.6. The summed E-state index contributed by atoms with van der Waals surface area (Å²) in [7, 11) is 2.01. The second-order valence-electron chi connectivity index (χ2n) is 7.62. The zero-order valence-electron chi connectivity index (χ0n) is 15.8. The Balaban J connectivity index is 1.51. The maximum atomic E-state index is 12.7. The molecule has 0 unspecified atom stereocenters. The molecule has 2 aliphatic rings. The van der Waals surface area contributed by atoms with Gasteiger partial charge >= 0.3 is 0 Å². The molecule has 0 spiro atoms. The molecule has 0 bridgehead atoms. The Labute approximate surface area is 152 Å². The molecule has 1 heterocycles. The lowest BCUT2D eigenvalue weighted by atomic mass is 9.93. The van der Waals surface area contributed by atoms with E-state index in [1.165, 1.54) is 24.8 Å². The topological polar surface area (TPSA) is 35.6 Å². The molecule has 1 aromatic carbocycles. The Hall–Kier alpha value is -1.39. The quantitative estimate of drug-likeness (QED) is 0.788. The minimum absolute atomic E-state index is 0.202. The highest BCUT2D eigenvalue weighted by Gasteiger charge is 2.28. The smallest absolute Gasteiger partial charge is 0.253 e. The number of amides is 1. The van der Waals surface area contributed by atoms with Crippen LogP contribution in [-0.2, 0) is 6.54 Å². The van der Waals surface area contributed by atoms with Gasteiger partial charge in [0.25, 0.3) is 5.91 Å². The molecule has 4 heteroatoms. The fourth-order valence-corrected chi connectivity index (χ4v) is 3.88. The third kappa shape index (κ3) is 5.05. The number of nitrogens with zero attached hydrogens (tertiary/aromatic N) is 2. The Morgan fingerprint density at radius 3 is 2.40 bits per heavy atom. The van der Waals surface area contributed by atoms with Crippen LogP contribution >= 0.6 is 0 Å². The fraction of sp³-hybridized carbons (Fsp3) is 0.667. The molecule has 1 saturated heterocycles. The molecule has 3 rings (SSSR count). The third-order valence-electron chi connectivity index (χ3n) is 5.76. The van der Waals surface area contributed by atoms with Crippen molar-refractivity contribution in [3.8, 4) is 0 Å². The molecule has 1 aliphatic carbocycles. The molecule has 4 nitrogen and oxygen atoms in total. The predicted molar refractivity (Wildman–Crippen MR) is 103 cm³/mol. The van der Waals surface area contributed by atoms with E-state index >= 15 is 0 Å². The van der Waals surface area contributed by atoms with Gasteiger partial charge in [0.15, 0.2) is 0 Å². The van der Waals surface area contributed by atoms with Gasteiger partial charge in [-0.25, -0.2) is 0 Å². The first kappa shape index (κ1) is 18.4. The van der Waals surface area contributed by atoms with Crippen molar-refractivity contribution in [2.45, 2.75) is 51.6 Å². The summed E-state index contributed by atoms with van der Waals surface area (Å²) in [4.78, 5) is 17.3. The van der Waals surface area contributed by atoms with E-state index in [2.05, 4.69) is 29.3 Å². The van der Waals surface area contributed by atoms with Gasteiger partial charge in [0.2, 0.25) is 0 Å². The summed E-state index contributed by atoms with van der Waals surface area (Å²) in [6.45, 7) is 7.23. The number of carbonyl (C=O) groups excluding carboxylic acids is 1. The average Bonchev–Trinajstić information content (AvgIpc) is 3.50. The molecule has 0 atom stereocenters. The third-order valence-corrected chi connectivity index (χ3v) is 5.76. The number of benzene rings is 1. The van der Waals surface area contributed by atoms with Gasteiger partial charge < -0.3 is 10.2 Å². The minimum atomic E-state index is 0.202. The average molecular weight is 344 g/mol. The van der Waals surface area contributed by atoms with Crippen LogP contribution in [0.2, 0.25) is 0 Å². The number of nitrogens with one attached hydrogen (secondary N) is 1.